The zero-order chi connectivity index (χ0) is 6.10. The molecule has 1 saturated heterocycles. The predicted molar refractivity (Wildman–Crippen MR) is 43.1 cm³/mol. The van der Waals surface area contributed by atoms with Gasteiger partial charge >= 0.3 is 23.1 Å². The number of epoxide rings is 1. The van der Waals surface area contributed by atoms with Gasteiger partial charge < -0.3 is 7.59 Å². The van der Waals surface area contributed by atoms with Crippen LogP contribution in [-0.4, -0.2) is 29.7 Å². The van der Waals surface area contributed by atoms with E-state index in [1.54, 1.807) is 0 Å². The summed E-state index contributed by atoms with van der Waals surface area (Å²) < 4.78 is 5.09. The van der Waals surface area contributed by atoms with Crippen LogP contribution in [-0.2, 0) is 4.74 Å². The maximum Gasteiger partial charge on any atom is 2.00 e. The van der Waals surface area contributed by atoms with Gasteiger partial charge in [-0.3, -0.25) is 0 Å². The standard InChI is InChI=1S/C8H8O.Mg.2H/c1-2-4-7(5-3-1)8-6-9-8;;;/h1-5,8H,6H2;;;/q;+2;2*-1. The number of hydrogen-bond donors (Lipinski definition) is 0. The second-order valence-electron chi connectivity index (χ2n) is 2.23. The van der Waals surface area contributed by atoms with Gasteiger partial charge in [-0.1, -0.05) is 30.3 Å². The van der Waals surface area contributed by atoms with E-state index >= 15 is 0 Å². The molecule has 2 heteroatoms. The minimum Gasteiger partial charge on any atom is -1.00 e. The van der Waals surface area contributed by atoms with Crippen LogP contribution in [0.2, 0.25) is 0 Å². The molecule has 1 nitrogen and oxygen atoms in total. The minimum atomic E-state index is 0. The summed E-state index contributed by atoms with van der Waals surface area (Å²) in [6.07, 6.45) is 0.409. The summed E-state index contributed by atoms with van der Waals surface area (Å²) in [5, 5.41) is 0. The fraction of sp³-hybridized carbons (Fsp3) is 0.250. The van der Waals surface area contributed by atoms with Crippen LogP contribution >= 0.6 is 0 Å². The molecule has 0 aromatic heterocycles. The Morgan fingerprint density at radius 2 is 1.90 bits per heavy atom. The van der Waals surface area contributed by atoms with Crippen molar-refractivity contribution in [3.8, 4) is 0 Å². The maximum atomic E-state index is 5.09. The largest absolute Gasteiger partial charge is 2.00 e. The Morgan fingerprint density at radius 3 is 2.40 bits per heavy atom. The van der Waals surface area contributed by atoms with Gasteiger partial charge in [0.2, 0.25) is 0 Å². The first kappa shape index (κ1) is 8.05. The Balaban J connectivity index is 0. The molecular formula is C8H10MgO. The maximum absolute atomic E-state index is 5.09. The van der Waals surface area contributed by atoms with Crippen LogP contribution in [0.15, 0.2) is 30.3 Å². The van der Waals surface area contributed by atoms with Crippen LogP contribution in [0.25, 0.3) is 0 Å². The molecular weight excluding hydrogens is 136 g/mol. The van der Waals surface area contributed by atoms with Gasteiger partial charge in [0, 0.05) is 0 Å². The first-order chi connectivity index (χ1) is 4.47. The first-order valence-electron chi connectivity index (χ1n) is 3.13. The molecule has 0 aliphatic carbocycles. The van der Waals surface area contributed by atoms with E-state index in [1.807, 2.05) is 18.2 Å². The summed E-state index contributed by atoms with van der Waals surface area (Å²) in [7, 11) is 0. The van der Waals surface area contributed by atoms with Gasteiger partial charge in [-0.05, 0) is 5.56 Å². The number of hydrogen-bond acceptors (Lipinski definition) is 1. The average Bonchev–Trinajstić information content (AvgIpc) is 2.71. The van der Waals surface area contributed by atoms with E-state index in [0.29, 0.717) is 6.10 Å². The summed E-state index contributed by atoms with van der Waals surface area (Å²) in [6.45, 7) is 0.907. The second kappa shape index (κ2) is 3.37. The molecule has 1 aliphatic rings. The van der Waals surface area contributed by atoms with Gasteiger partial charge in [-0.2, -0.15) is 0 Å². The monoisotopic (exact) mass is 146 g/mol. The Morgan fingerprint density at radius 1 is 1.30 bits per heavy atom. The molecule has 0 saturated carbocycles. The van der Waals surface area contributed by atoms with Gasteiger partial charge in [0.05, 0.1) is 6.61 Å². The quantitative estimate of drug-likeness (QED) is 0.433. The van der Waals surface area contributed by atoms with E-state index in [0.717, 1.165) is 6.61 Å². The fourth-order valence-corrected chi connectivity index (χ4v) is 0.908. The van der Waals surface area contributed by atoms with E-state index in [1.165, 1.54) is 5.56 Å². The Kier molecular flexibility index (Phi) is 2.71. The Bertz CT molecular complexity index is 201. The third kappa shape index (κ3) is 1.72. The smallest absolute Gasteiger partial charge is 1.00 e. The second-order valence-corrected chi connectivity index (χ2v) is 2.23. The molecule has 1 atom stereocenters. The van der Waals surface area contributed by atoms with E-state index in [9.17, 15) is 0 Å². The van der Waals surface area contributed by atoms with E-state index in [-0.39, 0.29) is 25.9 Å². The molecule has 0 radical (unpaired) electrons. The van der Waals surface area contributed by atoms with Crippen LogP contribution < -0.4 is 0 Å². The van der Waals surface area contributed by atoms with Crippen molar-refractivity contribution in [2.45, 2.75) is 6.10 Å². The van der Waals surface area contributed by atoms with Crippen molar-refractivity contribution < 1.29 is 7.59 Å². The molecule has 10 heavy (non-hydrogen) atoms. The Hall–Kier alpha value is -0.0538. The van der Waals surface area contributed by atoms with Gasteiger partial charge in [-0.25, -0.2) is 0 Å². The third-order valence-corrected chi connectivity index (χ3v) is 1.50. The van der Waals surface area contributed by atoms with Crippen LogP contribution in [0.5, 0.6) is 0 Å². The van der Waals surface area contributed by atoms with Crippen LogP contribution in [0.3, 0.4) is 0 Å². The van der Waals surface area contributed by atoms with Crippen molar-refractivity contribution in [3.05, 3.63) is 35.9 Å². The summed E-state index contributed by atoms with van der Waals surface area (Å²) in [6, 6.07) is 10.3. The van der Waals surface area contributed by atoms with Gasteiger partial charge in [0.15, 0.2) is 0 Å². The molecule has 1 aliphatic heterocycles. The van der Waals surface area contributed by atoms with Crippen molar-refractivity contribution in [2.24, 2.45) is 0 Å². The zero-order valence-electron chi connectivity index (χ0n) is 7.79. The van der Waals surface area contributed by atoms with Crippen molar-refractivity contribution in [3.63, 3.8) is 0 Å². The third-order valence-electron chi connectivity index (χ3n) is 1.50. The molecule has 1 aromatic rings. The molecule has 0 amide bonds. The summed E-state index contributed by atoms with van der Waals surface area (Å²) in [5.74, 6) is 0. The molecule has 1 aromatic carbocycles. The minimum absolute atomic E-state index is 0. The van der Waals surface area contributed by atoms with Crippen LogP contribution in [0.1, 0.15) is 14.5 Å². The number of ether oxygens (including phenoxy) is 1. The molecule has 0 bridgehead atoms. The molecule has 1 unspecified atom stereocenters. The summed E-state index contributed by atoms with van der Waals surface area (Å²) in [4.78, 5) is 0. The molecule has 1 heterocycles. The Labute approximate surface area is 79.5 Å². The molecule has 0 spiro atoms. The van der Waals surface area contributed by atoms with Crippen molar-refractivity contribution >= 4 is 23.1 Å². The number of rotatable bonds is 1. The first-order valence-corrected chi connectivity index (χ1v) is 3.13. The average molecular weight is 146 g/mol. The van der Waals surface area contributed by atoms with Gasteiger partial charge in [0.25, 0.3) is 0 Å². The normalized spacial score (nSPS) is 21.4. The fourth-order valence-electron chi connectivity index (χ4n) is 0.908. The summed E-state index contributed by atoms with van der Waals surface area (Å²) >= 11 is 0. The van der Waals surface area contributed by atoms with Crippen molar-refractivity contribution in [1.29, 1.82) is 0 Å². The number of benzene rings is 1. The van der Waals surface area contributed by atoms with Gasteiger partial charge in [-0.15, -0.1) is 0 Å². The van der Waals surface area contributed by atoms with Crippen LogP contribution in [0.4, 0.5) is 0 Å². The van der Waals surface area contributed by atoms with Crippen LogP contribution in [0, 0.1) is 0 Å². The topological polar surface area (TPSA) is 12.5 Å². The summed E-state index contributed by atoms with van der Waals surface area (Å²) in [5.41, 5.74) is 1.30. The van der Waals surface area contributed by atoms with Gasteiger partial charge in [0.1, 0.15) is 6.10 Å². The van der Waals surface area contributed by atoms with E-state index < -0.39 is 0 Å². The molecule has 2 rings (SSSR count). The van der Waals surface area contributed by atoms with Crippen molar-refractivity contribution in [2.75, 3.05) is 6.61 Å². The molecule has 50 valence electrons. The predicted octanol–water partition coefficient (Wildman–Crippen LogP) is 1.60. The molecule has 1 fully saturated rings. The zero-order valence-corrected chi connectivity index (χ0v) is 7.20. The van der Waals surface area contributed by atoms with E-state index in [4.69, 9.17) is 4.74 Å². The van der Waals surface area contributed by atoms with E-state index in [2.05, 4.69) is 12.1 Å². The SMILES string of the molecule is [H-].[H-].[Mg+2].c1ccc(C2CO2)cc1. The van der Waals surface area contributed by atoms with Crippen molar-refractivity contribution in [1.82, 2.24) is 0 Å². The molecule has 0 N–H and O–H groups in total.